The molecule has 160 valence electrons. The van der Waals surface area contributed by atoms with E-state index in [1.54, 1.807) is 12.1 Å². The normalized spacial score (nSPS) is 12.5. The predicted molar refractivity (Wildman–Crippen MR) is 114 cm³/mol. The lowest BCUT2D eigenvalue weighted by molar-refractivity contribution is -0.387. The number of nitrogens with zero attached hydrogens (tertiary/aromatic N) is 2. The van der Waals surface area contributed by atoms with Crippen LogP contribution in [0.25, 0.3) is 0 Å². The topological polar surface area (TPSA) is 107 Å². The fourth-order valence-electron chi connectivity index (χ4n) is 3.08. The first-order valence-corrected chi connectivity index (χ1v) is 10.6. The summed E-state index contributed by atoms with van der Waals surface area (Å²) >= 11 is 0. The maximum Gasteiger partial charge on any atom is 0.326 e. The number of esters is 1. The zero-order valence-electron chi connectivity index (χ0n) is 17.2. The standard InChI is InChI=1S/C21H24N2O6S/c1-5-8-16(3)17-13-15(2)11-12-18(17)22(14-21(24)29-4)30(27,28)20-10-7-6-9-19(20)23(25)26/h5-13,16H,14H2,1-4H3/b8-5+. The predicted octanol–water partition coefficient (Wildman–Crippen LogP) is 3.95. The summed E-state index contributed by atoms with van der Waals surface area (Å²) in [5.41, 5.74) is 1.27. The number of benzene rings is 2. The Morgan fingerprint density at radius 3 is 2.53 bits per heavy atom. The van der Waals surface area contributed by atoms with Crippen LogP contribution < -0.4 is 4.31 Å². The van der Waals surface area contributed by atoms with E-state index in [0.29, 0.717) is 5.56 Å². The largest absolute Gasteiger partial charge is 0.468 e. The van der Waals surface area contributed by atoms with Crippen LogP contribution in [-0.4, -0.2) is 33.0 Å². The maximum atomic E-state index is 13.5. The number of nitro groups is 1. The smallest absolute Gasteiger partial charge is 0.326 e. The third kappa shape index (κ3) is 4.85. The number of hydrogen-bond acceptors (Lipinski definition) is 6. The Bertz CT molecular complexity index is 1080. The Balaban J connectivity index is 2.78. The second-order valence-corrected chi connectivity index (χ2v) is 8.52. The van der Waals surface area contributed by atoms with Crippen molar-refractivity contribution in [3.8, 4) is 0 Å². The molecule has 30 heavy (non-hydrogen) atoms. The quantitative estimate of drug-likeness (QED) is 0.271. The first kappa shape index (κ1) is 23.1. The number of carbonyl (C=O) groups excluding carboxylic acids is 1. The van der Waals surface area contributed by atoms with Gasteiger partial charge in [-0.05, 0) is 31.5 Å². The lowest BCUT2D eigenvalue weighted by Gasteiger charge is -2.27. The van der Waals surface area contributed by atoms with Crippen LogP contribution in [0.1, 0.15) is 30.9 Å². The molecule has 0 N–H and O–H groups in total. The number of anilines is 1. The molecule has 2 aromatic rings. The Kier molecular flexibility index (Phi) is 7.33. The highest BCUT2D eigenvalue weighted by atomic mass is 32.2. The zero-order valence-corrected chi connectivity index (χ0v) is 18.0. The number of para-hydroxylation sites is 1. The Morgan fingerprint density at radius 2 is 1.93 bits per heavy atom. The molecule has 0 aromatic heterocycles. The van der Waals surface area contributed by atoms with Gasteiger partial charge < -0.3 is 4.74 Å². The molecule has 2 aromatic carbocycles. The lowest BCUT2D eigenvalue weighted by Crippen LogP contribution is -2.37. The second-order valence-electron chi connectivity index (χ2n) is 6.69. The van der Waals surface area contributed by atoms with E-state index >= 15 is 0 Å². The number of rotatable bonds is 8. The molecule has 0 amide bonds. The summed E-state index contributed by atoms with van der Waals surface area (Å²) < 4.78 is 32.6. The van der Waals surface area contributed by atoms with Crippen LogP contribution >= 0.6 is 0 Å². The van der Waals surface area contributed by atoms with Gasteiger partial charge in [-0.25, -0.2) is 8.42 Å². The molecule has 0 saturated heterocycles. The molecule has 0 spiro atoms. The van der Waals surface area contributed by atoms with Gasteiger partial charge >= 0.3 is 5.97 Å². The van der Waals surface area contributed by atoms with Crippen LogP contribution in [0.2, 0.25) is 0 Å². The van der Waals surface area contributed by atoms with Crippen molar-refractivity contribution in [2.24, 2.45) is 0 Å². The van der Waals surface area contributed by atoms with Gasteiger partial charge in [0.2, 0.25) is 0 Å². The number of hydrogen-bond donors (Lipinski definition) is 0. The van der Waals surface area contributed by atoms with Crippen molar-refractivity contribution in [1.29, 1.82) is 0 Å². The van der Waals surface area contributed by atoms with Gasteiger partial charge in [0.1, 0.15) is 6.54 Å². The third-order valence-corrected chi connectivity index (χ3v) is 6.36. The Hall–Kier alpha value is -3.20. The monoisotopic (exact) mass is 432 g/mol. The van der Waals surface area contributed by atoms with Crippen molar-refractivity contribution < 1.29 is 22.9 Å². The van der Waals surface area contributed by atoms with Gasteiger partial charge in [0, 0.05) is 12.0 Å². The summed E-state index contributed by atoms with van der Waals surface area (Å²) in [5.74, 6) is -0.951. The van der Waals surface area contributed by atoms with Crippen LogP contribution in [0.3, 0.4) is 0 Å². The minimum absolute atomic E-state index is 0.161. The molecular weight excluding hydrogens is 408 g/mol. The fourth-order valence-corrected chi connectivity index (χ4v) is 4.68. The number of carbonyl (C=O) groups is 1. The summed E-state index contributed by atoms with van der Waals surface area (Å²) in [6.45, 7) is 4.99. The molecule has 2 rings (SSSR count). The van der Waals surface area contributed by atoms with E-state index < -0.39 is 38.0 Å². The van der Waals surface area contributed by atoms with Crippen molar-refractivity contribution in [2.75, 3.05) is 18.0 Å². The van der Waals surface area contributed by atoms with Gasteiger partial charge in [0.05, 0.1) is 17.7 Å². The van der Waals surface area contributed by atoms with Crippen molar-refractivity contribution >= 4 is 27.4 Å². The van der Waals surface area contributed by atoms with E-state index in [2.05, 4.69) is 4.74 Å². The van der Waals surface area contributed by atoms with Crippen LogP contribution in [0.5, 0.6) is 0 Å². The van der Waals surface area contributed by atoms with E-state index in [9.17, 15) is 23.3 Å². The highest BCUT2D eigenvalue weighted by Crippen LogP contribution is 2.35. The number of nitro benzene ring substituents is 1. The van der Waals surface area contributed by atoms with E-state index in [0.717, 1.165) is 29.1 Å². The average molecular weight is 432 g/mol. The summed E-state index contributed by atoms with van der Waals surface area (Å²) in [7, 11) is -3.30. The molecular formula is C21H24N2O6S. The third-order valence-electron chi connectivity index (χ3n) is 4.55. The lowest BCUT2D eigenvalue weighted by atomic mass is 9.96. The van der Waals surface area contributed by atoms with Crippen molar-refractivity contribution in [3.63, 3.8) is 0 Å². The highest BCUT2D eigenvalue weighted by Gasteiger charge is 2.34. The summed E-state index contributed by atoms with van der Waals surface area (Å²) in [6.07, 6.45) is 3.74. The molecule has 9 heteroatoms. The number of ether oxygens (including phenoxy) is 1. The Morgan fingerprint density at radius 1 is 1.27 bits per heavy atom. The molecule has 0 fully saturated rings. The molecule has 0 bridgehead atoms. The minimum atomic E-state index is -4.45. The second kappa shape index (κ2) is 9.53. The fraction of sp³-hybridized carbons (Fsp3) is 0.286. The zero-order chi connectivity index (χ0) is 22.5. The van der Waals surface area contributed by atoms with Crippen LogP contribution in [-0.2, 0) is 19.6 Å². The molecule has 0 aliphatic heterocycles. The summed E-state index contributed by atoms with van der Waals surface area (Å²) in [5, 5.41) is 11.4. The van der Waals surface area contributed by atoms with E-state index in [-0.39, 0.29) is 11.6 Å². The van der Waals surface area contributed by atoms with Crippen molar-refractivity contribution in [2.45, 2.75) is 31.6 Å². The highest BCUT2D eigenvalue weighted by molar-refractivity contribution is 7.93. The molecule has 1 atom stereocenters. The van der Waals surface area contributed by atoms with Crippen LogP contribution in [0.4, 0.5) is 11.4 Å². The first-order chi connectivity index (χ1) is 14.1. The van der Waals surface area contributed by atoms with Gasteiger partial charge in [0.25, 0.3) is 15.7 Å². The maximum absolute atomic E-state index is 13.5. The number of methoxy groups -OCH3 is 1. The van der Waals surface area contributed by atoms with Gasteiger partial charge in [-0.15, -0.1) is 0 Å². The number of sulfonamides is 1. The van der Waals surface area contributed by atoms with Gasteiger partial charge in [-0.2, -0.15) is 0 Å². The van der Waals surface area contributed by atoms with Crippen molar-refractivity contribution in [3.05, 3.63) is 75.9 Å². The SMILES string of the molecule is C/C=C/C(C)c1cc(C)ccc1N(CC(=O)OC)S(=O)(=O)c1ccccc1[N+](=O)[O-]. The van der Waals surface area contributed by atoms with Crippen molar-refractivity contribution in [1.82, 2.24) is 0 Å². The first-order valence-electron chi connectivity index (χ1n) is 9.19. The molecule has 1 unspecified atom stereocenters. The van der Waals surface area contributed by atoms with Gasteiger partial charge in [-0.1, -0.05) is 48.9 Å². The average Bonchev–Trinajstić information content (AvgIpc) is 2.72. The van der Waals surface area contributed by atoms with Gasteiger partial charge in [-0.3, -0.25) is 19.2 Å². The van der Waals surface area contributed by atoms with E-state index in [4.69, 9.17) is 0 Å². The summed E-state index contributed by atoms with van der Waals surface area (Å²) in [6, 6.07) is 10.2. The molecule has 0 saturated carbocycles. The molecule has 8 nitrogen and oxygen atoms in total. The molecule has 0 aliphatic carbocycles. The van der Waals surface area contributed by atoms with E-state index in [1.807, 2.05) is 39.0 Å². The number of aryl methyl sites for hydroxylation is 1. The van der Waals surface area contributed by atoms with Crippen LogP contribution in [0, 0.1) is 17.0 Å². The summed E-state index contributed by atoms with van der Waals surface area (Å²) in [4.78, 5) is 22.3. The van der Waals surface area contributed by atoms with Gasteiger partial charge in [0.15, 0.2) is 4.90 Å². The Labute approximate surface area is 176 Å². The number of allylic oxidation sites excluding steroid dienone is 2. The molecule has 0 heterocycles. The molecule has 0 aliphatic rings. The van der Waals surface area contributed by atoms with Crippen LogP contribution in [0.15, 0.2) is 59.5 Å². The minimum Gasteiger partial charge on any atom is -0.468 e. The van der Waals surface area contributed by atoms with E-state index in [1.165, 1.54) is 12.1 Å². The molecule has 0 radical (unpaired) electrons.